The maximum absolute atomic E-state index is 15.9. The number of halogens is 1. The fraction of sp³-hybridized carbons (Fsp3) is 0.261. The van der Waals surface area contributed by atoms with Gasteiger partial charge < -0.3 is 10.6 Å². The van der Waals surface area contributed by atoms with Gasteiger partial charge in [-0.05, 0) is 30.9 Å². The van der Waals surface area contributed by atoms with E-state index in [1.54, 1.807) is 37.4 Å². The molecule has 0 unspecified atom stereocenters. The number of hydrogen-bond acceptors (Lipinski definition) is 6. The minimum atomic E-state index is -4.43. The predicted molar refractivity (Wildman–Crippen MR) is 123 cm³/mol. The Morgan fingerprint density at radius 3 is 2.48 bits per heavy atom. The Balaban J connectivity index is 1.85. The number of nitrogens with zero attached hydrogens (tertiary/aromatic N) is 3. The van der Waals surface area contributed by atoms with Gasteiger partial charge in [-0.2, -0.15) is 4.72 Å². The molecule has 0 bridgehead atoms. The molecule has 10 heteroatoms. The number of carbonyl (C=O) groups excluding carboxylic acids is 1. The summed E-state index contributed by atoms with van der Waals surface area (Å²) in [7, 11) is -2.80. The van der Waals surface area contributed by atoms with Crippen LogP contribution in [0.4, 0.5) is 10.2 Å². The quantitative estimate of drug-likeness (QED) is 0.593. The minimum Gasteiger partial charge on any atom is -0.382 e. The van der Waals surface area contributed by atoms with Crippen LogP contribution >= 0.6 is 0 Å². The molecule has 1 fully saturated rings. The van der Waals surface area contributed by atoms with Crippen LogP contribution < -0.4 is 10.5 Å². The van der Waals surface area contributed by atoms with Crippen molar-refractivity contribution in [3.05, 3.63) is 60.7 Å². The number of aromatic nitrogens is 2. The lowest BCUT2D eigenvalue weighted by atomic mass is 10.0. The molecule has 172 valence electrons. The molecule has 1 aliphatic heterocycles. The zero-order valence-electron chi connectivity index (χ0n) is 18.0. The van der Waals surface area contributed by atoms with Gasteiger partial charge in [0.2, 0.25) is 15.9 Å². The largest absolute Gasteiger partial charge is 0.382 e. The summed E-state index contributed by atoms with van der Waals surface area (Å²) >= 11 is 0. The molecule has 0 saturated carbocycles. The zero-order valence-corrected chi connectivity index (χ0v) is 18.8. The van der Waals surface area contributed by atoms with E-state index in [0.29, 0.717) is 24.9 Å². The van der Waals surface area contributed by atoms with Gasteiger partial charge >= 0.3 is 0 Å². The van der Waals surface area contributed by atoms with Crippen LogP contribution in [0.15, 0.2) is 59.8 Å². The average molecular weight is 470 g/mol. The maximum Gasteiger partial charge on any atom is 0.244 e. The highest BCUT2D eigenvalue weighted by molar-refractivity contribution is 7.89. The van der Waals surface area contributed by atoms with Crippen molar-refractivity contribution in [1.29, 1.82) is 0 Å². The van der Waals surface area contributed by atoms with E-state index >= 15 is 4.39 Å². The third-order valence-electron chi connectivity index (χ3n) is 5.61. The van der Waals surface area contributed by atoms with Gasteiger partial charge in [0.25, 0.3) is 0 Å². The summed E-state index contributed by atoms with van der Waals surface area (Å²) in [6, 6.07) is 10.7. The Bertz CT molecular complexity index is 1270. The lowest BCUT2D eigenvalue weighted by Crippen LogP contribution is -2.46. The van der Waals surface area contributed by atoms with Crippen molar-refractivity contribution < 1.29 is 17.6 Å². The fourth-order valence-electron chi connectivity index (χ4n) is 3.89. The molecule has 3 aromatic rings. The highest BCUT2D eigenvalue weighted by Gasteiger charge is 2.33. The molecule has 33 heavy (non-hydrogen) atoms. The van der Waals surface area contributed by atoms with Crippen molar-refractivity contribution in [2.75, 3.05) is 19.3 Å². The molecule has 4 rings (SSSR count). The first-order valence-electron chi connectivity index (χ1n) is 10.5. The maximum atomic E-state index is 15.9. The van der Waals surface area contributed by atoms with Gasteiger partial charge in [-0.25, -0.2) is 17.8 Å². The van der Waals surface area contributed by atoms with Gasteiger partial charge in [0.05, 0.1) is 18.1 Å². The monoisotopic (exact) mass is 469 g/mol. The highest BCUT2D eigenvalue weighted by Crippen LogP contribution is 2.35. The molecular weight excluding hydrogens is 445 g/mol. The minimum absolute atomic E-state index is 0.0353. The van der Waals surface area contributed by atoms with Crippen LogP contribution in [0.1, 0.15) is 19.3 Å². The number of carbonyl (C=O) groups is 1. The third-order valence-corrected chi connectivity index (χ3v) is 7.14. The summed E-state index contributed by atoms with van der Waals surface area (Å²) in [5, 5.41) is 0. The Kier molecular flexibility index (Phi) is 6.39. The number of nitrogens with two attached hydrogens (primary N) is 1. The zero-order chi connectivity index (χ0) is 23.6. The molecule has 1 amide bonds. The van der Waals surface area contributed by atoms with E-state index in [-0.39, 0.29) is 28.5 Å². The van der Waals surface area contributed by atoms with Gasteiger partial charge in [-0.3, -0.25) is 9.78 Å². The molecule has 2 heterocycles. The third kappa shape index (κ3) is 4.71. The number of nitrogens with one attached hydrogen (secondary N) is 1. The number of amides is 1. The number of benzene rings is 2. The van der Waals surface area contributed by atoms with E-state index < -0.39 is 26.8 Å². The van der Waals surface area contributed by atoms with E-state index in [0.717, 1.165) is 6.42 Å². The van der Waals surface area contributed by atoms with Crippen molar-refractivity contribution in [2.24, 2.45) is 0 Å². The fourth-order valence-corrected chi connectivity index (χ4v) is 5.42. The molecule has 2 aromatic carbocycles. The Morgan fingerprint density at radius 2 is 1.79 bits per heavy atom. The van der Waals surface area contributed by atoms with Crippen LogP contribution in [0.2, 0.25) is 0 Å². The summed E-state index contributed by atoms with van der Waals surface area (Å²) in [5.41, 5.74) is 6.39. The van der Waals surface area contributed by atoms with Crippen molar-refractivity contribution in [3.8, 4) is 22.4 Å². The second-order valence-electron chi connectivity index (χ2n) is 7.93. The lowest BCUT2D eigenvalue weighted by molar-refractivity contribution is -0.131. The van der Waals surface area contributed by atoms with Crippen molar-refractivity contribution in [3.63, 3.8) is 0 Å². The Morgan fingerprint density at radius 1 is 1.06 bits per heavy atom. The topological polar surface area (TPSA) is 118 Å². The number of rotatable bonds is 5. The van der Waals surface area contributed by atoms with Gasteiger partial charge in [-0.1, -0.05) is 36.4 Å². The molecule has 1 saturated heterocycles. The summed E-state index contributed by atoms with van der Waals surface area (Å²) in [5.74, 6) is -1.15. The number of likely N-dealkylation sites (N-methyl/N-ethyl adjacent to an activating group) is 1. The number of hydrogen-bond donors (Lipinski definition) is 2. The van der Waals surface area contributed by atoms with E-state index in [1.807, 2.05) is 0 Å². The molecule has 0 aliphatic carbocycles. The molecule has 1 aromatic heterocycles. The van der Waals surface area contributed by atoms with Gasteiger partial charge in [0.1, 0.15) is 16.8 Å². The van der Waals surface area contributed by atoms with Crippen molar-refractivity contribution in [1.82, 2.24) is 19.6 Å². The van der Waals surface area contributed by atoms with Crippen molar-refractivity contribution >= 4 is 21.7 Å². The molecule has 3 N–H and O–H groups in total. The standard InChI is InChI=1S/C23H24FN5O3S/c1-29-12-6-5-9-18(23(29)30)28-33(31,32)22-16(15-7-3-2-4-8-15)10-11-17(21(22)24)19-13-27-20(25)14-26-19/h2-4,7-8,10-11,13-14,18,28H,5-6,9,12H2,1H3,(H2,25,27)/t18-/m0/s1. The number of nitrogen functional groups attached to an aromatic ring is 1. The second kappa shape index (κ2) is 9.24. The normalized spacial score (nSPS) is 17.1. The van der Waals surface area contributed by atoms with E-state index in [9.17, 15) is 13.2 Å². The van der Waals surface area contributed by atoms with E-state index in [2.05, 4.69) is 14.7 Å². The van der Waals surface area contributed by atoms with Gasteiger partial charge in [-0.15, -0.1) is 0 Å². The SMILES string of the molecule is CN1CCCC[C@H](NS(=O)(=O)c2c(-c3ccccc3)ccc(-c3cnc(N)cn3)c2F)C1=O. The summed E-state index contributed by atoms with van der Waals surface area (Å²) in [6.45, 7) is 0.548. The summed E-state index contributed by atoms with van der Waals surface area (Å²) in [4.78, 5) is 21.7. The Hall–Kier alpha value is -3.37. The first kappa shape index (κ1) is 22.8. The Labute approximate surface area is 191 Å². The van der Waals surface area contributed by atoms with Crippen LogP contribution in [0, 0.1) is 5.82 Å². The first-order valence-corrected chi connectivity index (χ1v) is 12.0. The first-order chi connectivity index (χ1) is 15.8. The molecule has 8 nitrogen and oxygen atoms in total. The van der Waals surface area contributed by atoms with Crippen LogP contribution in [0.5, 0.6) is 0 Å². The second-order valence-corrected chi connectivity index (χ2v) is 9.58. The van der Waals surface area contributed by atoms with E-state index in [4.69, 9.17) is 5.73 Å². The molecule has 1 atom stereocenters. The molecule has 0 spiro atoms. The van der Waals surface area contributed by atoms with E-state index in [1.165, 1.54) is 29.4 Å². The summed E-state index contributed by atoms with van der Waals surface area (Å²) < 4.78 is 45.4. The van der Waals surface area contributed by atoms with Crippen LogP contribution in [-0.2, 0) is 14.8 Å². The summed E-state index contributed by atoms with van der Waals surface area (Å²) in [6.07, 6.45) is 4.34. The van der Waals surface area contributed by atoms with Gasteiger partial charge in [0, 0.05) is 24.7 Å². The number of sulfonamides is 1. The number of anilines is 1. The van der Waals surface area contributed by atoms with Crippen LogP contribution in [0.3, 0.4) is 0 Å². The molecule has 0 radical (unpaired) electrons. The van der Waals surface area contributed by atoms with Gasteiger partial charge in [0.15, 0.2) is 5.82 Å². The molecule has 1 aliphatic rings. The average Bonchev–Trinajstić information content (AvgIpc) is 2.95. The van der Waals surface area contributed by atoms with Crippen LogP contribution in [0.25, 0.3) is 22.4 Å². The molecular formula is C23H24FN5O3S. The van der Waals surface area contributed by atoms with Crippen LogP contribution in [-0.4, -0.2) is 48.8 Å². The van der Waals surface area contributed by atoms with Crippen molar-refractivity contribution in [2.45, 2.75) is 30.2 Å². The smallest absolute Gasteiger partial charge is 0.244 e. The number of likely N-dealkylation sites (tertiary alicyclic amines) is 1. The highest BCUT2D eigenvalue weighted by atomic mass is 32.2. The predicted octanol–water partition coefficient (Wildman–Crippen LogP) is 2.82. The lowest BCUT2D eigenvalue weighted by Gasteiger charge is -2.22.